The summed E-state index contributed by atoms with van der Waals surface area (Å²) < 4.78 is 5.74. The molecule has 0 bridgehead atoms. The number of ether oxygens (including phenoxy) is 1. The van der Waals surface area contributed by atoms with Crippen LogP contribution in [0.15, 0.2) is 24.3 Å². The fourth-order valence-corrected chi connectivity index (χ4v) is 2.69. The monoisotopic (exact) mass is 364 g/mol. The third-order valence-corrected chi connectivity index (χ3v) is 4.51. The molecule has 0 aliphatic rings. The average molecular weight is 365 g/mol. The molecule has 152 valence electrons. The highest BCUT2D eigenvalue weighted by Gasteiger charge is 2.25. The first-order valence-corrected chi connectivity index (χ1v) is 11.0. The molecule has 0 heterocycles. The molecule has 0 aromatic heterocycles. The zero-order chi connectivity index (χ0) is 19.7. The van der Waals surface area contributed by atoms with Crippen LogP contribution in [0.5, 0.6) is 0 Å². The highest BCUT2D eigenvalue weighted by Crippen LogP contribution is 2.19. The first-order chi connectivity index (χ1) is 12.4. The lowest BCUT2D eigenvalue weighted by Gasteiger charge is -2.21. The van der Waals surface area contributed by atoms with Crippen LogP contribution in [0.25, 0.3) is 0 Å². The maximum absolute atomic E-state index is 12.2. The normalized spacial score (nSPS) is 13.6. The predicted molar refractivity (Wildman–Crippen MR) is 114 cm³/mol. The second kappa shape index (κ2) is 16.1. The minimum atomic E-state index is -0.442. The van der Waals surface area contributed by atoms with E-state index in [1.807, 2.05) is 20.8 Å². The predicted octanol–water partition coefficient (Wildman–Crippen LogP) is 7.78. The lowest BCUT2D eigenvalue weighted by molar-refractivity contribution is -0.156. The molecule has 0 amide bonds. The van der Waals surface area contributed by atoms with Crippen molar-refractivity contribution in [3.63, 3.8) is 0 Å². The summed E-state index contributed by atoms with van der Waals surface area (Å²) in [6, 6.07) is 0. The van der Waals surface area contributed by atoms with Crippen molar-refractivity contribution in [2.24, 2.45) is 5.41 Å². The Labute approximate surface area is 163 Å². The molecule has 0 saturated heterocycles. The van der Waals surface area contributed by atoms with E-state index in [0.29, 0.717) is 0 Å². The van der Waals surface area contributed by atoms with Crippen molar-refractivity contribution in [1.29, 1.82) is 0 Å². The summed E-state index contributed by atoms with van der Waals surface area (Å²) in [6.07, 6.45) is 23.1. The quantitative estimate of drug-likeness (QED) is 0.168. The van der Waals surface area contributed by atoms with E-state index in [-0.39, 0.29) is 12.1 Å². The van der Waals surface area contributed by atoms with Crippen LogP contribution in [0.2, 0.25) is 0 Å². The zero-order valence-corrected chi connectivity index (χ0v) is 18.2. The fourth-order valence-electron chi connectivity index (χ4n) is 2.69. The van der Waals surface area contributed by atoms with Crippen molar-refractivity contribution in [3.05, 3.63) is 24.3 Å². The van der Waals surface area contributed by atoms with E-state index < -0.39 is 5.41 Å². The first-order valence-electron chi connectivity index (χ1n) is 11.0. The molecule has 2 nitrogen and oxygen atoms in total. The van der Waals surface area contributed by atoms with E-state index in [0.717, 1.165) is 19.3 Å². The van der Waals surface area contributed by atoms with Crippen molar-refractivity contribution < 1.29 is 9.53 Å². The molecular formula is C24H44O2. The van der Waals surface area contributed by atoms with Crippen LogP contribution in [-0.4, -0.2) is 12.1 Å². The van der Waals surface area contributed by atoms with Crippen molar-refractivity contribution in [3.8, 4) is 0 Å². The minimum Gasteiger partial charge on any atom is -0.458 e. The number of rotatable bonds is 15. The highest BCUT2D eigenvalue weighted by atomic mass is 16.5. The van der Waals surface area contributed by atoms with Gasteiger partial charge in [-0.2, -0.15) is 0 Å². The van der Waals surface area contributed by atoms with Gasteiger partial charge in [0, 0.05) is 0 Å². The topological polar surface area (TPSA) is 26.3 Å². The van der Waals surface area contributed by atoms with Crippen molar-refractivity contribution >= 4 is 5.97 Å². The molecule has 2 heteroatoms. The summed E-state index contributed by atoms with van der Waals surface area (Å²) >= 11 is 0. The Hall–Kier alpha value is -1.05. The molecule has 0 aliphatic carbocycles. The van der Waals surface area contributed by atoms with Crippen LogP contribution in [0, 0.1) is 5.41 Å². The Balaban J connectivity index is 4.32. The van der Waals surface area contributed by atoms with Gasteiger partial charge in [0.25, 0.3) is 0 Å². The number of carbonyl (C=O) groups excluding carboxylic acids is 1. The van der Waals surface area contributed by atoms with Gasteiger partial charge in [0.1, 0.15) is 6.10 Å². The Bertz CT molecular complexity index is 388. The zero-order valence-electron chi connectivity index (χ0n) is 18.2. The van der Waals surface area contributed by atoms with E-state index in [2.05, 4.69) is 38.2 Å². The van der Waals surface area contributed by atoms with Gasteiger partial charge in [-0.1, -0.05) is 83.4 Å². The van der Waals surface area contributed by atoms with E-state index in [9.17, 15) is 4.79 Å². The lowest BCUT2D eigenvalue weighted by Crippen LogP contribution is -2.27. The van der Waals surface area contributed by atoms with E-state index in [4.69, 9.17) is 4.74 Å². The van der Waals surface area contributed by atoms with Crippen LogP contribution in [0.1, 0.15) is 112 Å². The third-order valence-electron chi connectivity index (χ3n) is 4.51. The van der Waals surface area contributed by atoms with Gasteiger partial charge in [-0.05, 0) is 52.5 Å². The van der Waals surface area contributed by atoms with Crippen molar-refractivity contribution in [2.75, 3.05) is 0 Å². The van der Waals surface area contributed by atoms with Gasteiger partial charge in [-0.25, -0.2) is 0 Å². The molecular weight excluding hydrogens is 320 g/mol. The van der Waals surface area contributed by atoms with Gasteiger partial charge >= 0.3 is 5.97 Å². The Morgan fingerprint density at radius 3 is 2.04 bits per heavy atom. The number of allylic oxidation sites excluding steroid dienone is 3. The van der Waals surface area contributed by atoms with Gasteiger partial charge in [-0.3, -0.25) is 4.79 Å². The standard InChI is InChI=1S/C24H44O2/c1-6-8-10-12-14-15-17-19-21-22(26-23(25)24(3,4)5)20-18-16-13-11-9-7-2/h15,17,19,21-22H,6-14,16,18,20H2,1-5H3/b17-15+,21-19+/t22-/m0/s1. The third kappa shape index (κ3) is 15.2. The molecule has 0 fully saturated rings. The van der Waals surface area contributed by atoms with E-state index in [1.54, 1.807) is 0 Å². The highest BCUT2D eigenvalue weighted by molar-refractivity contribution is 5.75. The second-order valence-corrected chi connectivity index (χ2v) is 8.41. The molecule has 0 spiro atoms. The number of hydrogen-bond acceptors (Lipinski definition) is 2. The van der Waals surface area contributed by atoms with Gasteiger partial charge in [0.15, 0.2) is 0 Å². The molecule has 0 aromatic rings. The molecule has 0 saturated carbocycles. The van der Waals surface area contributed by atoms with Crippen molar-refractivity contribution in [2.45, 2.75) is 118 Å². The summed E-state index contributed by atoms with van der Waals surface area (Å²) in [5.41, 5.74) is -0.442. The van der Waals surface area contributed by atoms with Crippen LogP contribution < -0.4 is 0 Å². The Morgan fingerprint density at radius 1 is 0.846 bits per heavy atom. The number of carbonyl (C=O) groups is 1. The summed E-state index contributed by atoms with van der Waals surface area (Å²) in [5, 5.41) is 0. The SMILES string of the molecule is CCCCCC/C=C/C=C/[C@H](CCCCCCCC)OC(=O)C(C)(C)C. The minimum absolute atomic E-state index is 0.0994. The van der Waals surface area contributed by atoms with Crippen LogP contribution in [0.3, 0.4) is 0 Å². The molecule has 0 rings (SSSR count). The fraction of sp³-hybridized carbons (Fsp3) is 0.792. The average Bonchev–Trinajstić information content (AvgIpc) is 2.59. The molecule has 26 heavy (non-hydrogen) atoms. The van der Waals surface area contributed by atoms with E-state index in [1.165, 1.54) is 57.8 Å². The number of esters is 1. The van der Waals surface area contributed by atoms with Gasteiger partial charge < -0.3 is 4.74 Å². The molecule has 0 N–H and O–H groups in total. The Morgan fingerprint density at radius 2 is 1.42 bits per heavy atom. The summed E-state index contributed by atoms with van der Waals surface area (Å²) in [5.74, 6) is -0.110. The molecule has 0 aromatic carbocycles. The second-order valence-electron chi connectivity index (χ2n) is 8.41. The van der Waals surface area contributed by atoms with Gasteiger partial charge in [-0.15, -0.1) is 0 Å². The van der Waals surface area contributed by atoms with Crippen LogP contribution in [-0.2, 0) is 9.53 Å². The summed E-state index contributed by atoms with van der Waals surface area (Å²) in [7, 11) is 0. The number of hydrogen-bond donors (Lipinski definition) is 0. The summed E-state index contributed by atoms with van der Waals surface area (Å²) in [6.45, 7) is 10.2. The lowest BCUT2D eigenvalue weighted by atomic mass is 9.97. The van der Waals surface area contributed by atoms with Crippen LogP contribution >= 0.6 is 0 Å². The van der Waals surface area contributed by atoms with Crippen LogP contribution in [0.4, 0.5) is 0 Å². The molecule has 1 atom stereocenters. The molecule has 0 aliphatic heterocycles. The first kappa shape index (κ1) is 24.9. The van der Waals surface area contributed by atoms with Gasteiger partial charge in [0.2, 0.25) is 0 Å². The number of unbranched alkanes of at least 4 members (excludes halogenated alkanes) is 9. The Kier molecular flexibility index (Phi) is 15.5. The van der Waals surface area contributed by atoms with E-state index >= 15 is 0 Å². The largest absolute Gasteiger partial charge is 0.458 e. The maximum atomic E-state index is 12.2. The molecule has 0 unspecified atom stereocenters. The maximum Gasteiger partial charge on any atom is 0.311 e. The van der Waals surface area contributed by atoms with Crippen molar-refractivity contribution in [1.82, 2.24) is 0 Å². The van der Waals surface area contributed by atoms with Gasteiger partial charge in [0.05, 0.1) is 5.41 Å². The summed E-state index contributed by atoms with van der Waals surface area (Å²) in [4.78, 5) is 12.2. The smallest absolute Gasteiger partial charge is 0.311 e. The molecule has 0 radical (unpaired) electrons.